The second-order valence-corrected chi connectivity index (χ2v) is 15.9. The van der Waals surface area contributed by atoms with Crippen LogP contribution >= 0.6 is 22.7 Å². The van der Waals surface area contributed by atoms with Crippen molar-refractivity contribution >= 4 is 105 Å². The van der Waals surface area contributed by atoms with E-state index in [4.69, 9.17) is 40.9 Å². The second-order valence-electron chi connectivity index (χ2n) is 14.4. The molecule has 2 saturated heterocycles. The van der Waals surface area contributed by atoms with Gasteiger partial charge in [-0.15, -0.1) is 22.7 Å². The number of nitrogens with one attached hydrogen (secondary N) is 2. The van der Waals surface area contributed by atoms with Crippen molar-refractivity contribution in [1.82, 2.24) is 48.8 Å². The number of pyridine rings is 2. The van der Waals surface area contributed by atoms with E-state index in [1.807, 2.05) is 44.2 Å². The molecule has 0 aromatic carbocycles. The largest absolute Gasteiger partial charge is 0.478 e. The molecule has 2 aliphatic rings. The highest BCUT2D eigenvalue weighted by Crippen LogP contribution is 2.24. The number of carbonyl (C=O) groups is 8. The fourth-order valence-corrected chi connectivity index (χ4v) is 7.39. The number of anilines is 2. The summed E-state index contributed by atoms with van der Waals surface area (Å²) in [5, 5.41) is 75.8. The van der Waals surface area contributed by atoms with Gasteiger partial charge in [-0.3, -0.25) is 9.13 Å². The van der Waals surface area contributed by atoms with Crippen molar-refractivity contribution in [2.45, 2.75) is 38.0 Å². The SMILES string of the molecule is O=C(O)/C=C/C(=O)O.O=C(O)C=CC(=O)O.O=C(O)C=CC(=O)O.O=C(O)N1CCC(Nc2nc3cccnc3n2Cc2cscn2)C1.O=C(O)N1CCC(Nc2nc3cccnc3n2Cc2cscn2)C1. The normalized spacial score (nSPS) is 14.8. The first-order valence-corrected chi connectivity index (χ1v) is 22.4. The maximum absolute atomic E-state index is 11.1. The molecule has 8 rings (SSSR count). The Morgan fingerprint density at radius 2 is 0.861 bits per heavy atom. The quantitative estimate of drug-likeness (QED) is 0.0699. The molecule has 2 atom stereocenters. The van der Waals surface area contributed by atoms with Crippen LogP contribution in [0.3, 0.4) is 0 Å². The van der Waals surface area contributed by atoms with Crippen LogP contribution in [-0.2, 0) is 41.9 Å². The van der Waals surface area contributed by atoms with Crippen LogP contribution in [0.25, 0.3) is 22.3 Å². The Kier molecular flexibility index (Phi) is 21.2. The zero-order valence-electron chi connectivity index (χ0n) is 37.2. The molecule has 6 aromatic heterocycles. The van der Waals surface area contributed by atoms with E-state index in [-0.39, 0.29) is 12.1 Å². The van der Waals surface area contributed by atoms with Crippen molar-refractivity contribution < 1.29 is 79.2 Å². The zero-order chi connectivity index (χ0) is 52.7. The van der Waals surface area contributed by atoms with Crippen molar-refractivity contribution in [3.63, 3.8) is 0 Å². The number of amides is 2. The van der Waals surface area contributed by atoms with Gasteiger partial charge in [0.2, 0.25) is 11.9 Å². The van der Waals surface area contributed by atoms with Gasteiger partial charge in [-0.1, -0.05) is 0 Å². The lowest BCUT2D eigenvalue weighted by molar-refractivity contribution is -0.134. The van der Waals surface area contributed by atoms with Gasteiger partial charge >= 0.3 is 48.0 Å². The van der Waals surface area contributed by atoms with Crippen LogP contribution in [0.15, 0.2) is 94.9 Å². The van der Waals surface area contributed by atoms with Crippen LogP contribution in [0.4, 0.5) is 21.5 Å². The van der Waals surface area contributed by atoms with Gasteiger partial charge in [0.25, 0.3) is 0 Å². The molecule has 2 fully saturated rings. The van der Waals surface area contributed by atoms with Gasteiger partial charge in [-0.25, -0.2) is 68.3 Å². The summed E-state index contributed by atoms with van der Waals surface area (Å²) in [5.41, 5.74) is 8.71. The van der Waals surface area contributed by atoms with Crippen molar-refractivity contribution in [3.8, 4) is 0 Å². The fourth-order valence-electron chi connectivity index (χ4n) is 6.29. The molecular weight excluding hydrogens is 993 g/mol. The van der Waals surface area contributed by atoms with Crippen LogP contribution in [0.5, 0.6) is 0 Å². The van der Waals surface area contributed by atoms with E-state index in [0.717, 1.165) is 46.6 Å². The average Bonchev–Trinajstić information content (AvgIpc) is 4.21. The molecule has 6 aromatic rings. The van der Waals surface area contributed by atoms with E-state index in [2.05, 4.69) is 40.5 Å². The Balaban J connectivity index is 0.000000218. The van der Waals surface area contributed by atoms with E-state index in [1.165, 1.54) is 9.80 Å². The Morgan fingerprint density at radius 3 is 1.12 bits per heavy atom. The number of carboxylic acids is 6. The number of hydrogen-bond acceptors (Lipinski definition) is 18. The number of nitrogens with zero attached hydrogens (tertiary/aromatic N) is 10. The van der Waals surface area contributed by atoms with Crippen molar-refractivity contribution in [2.75, 3.05) is 36.8 Å². The summed E-state index contributed by atoms with van der Waals surface area (Å²) < 4.78 is 3.99. The van der Waals surface area contributed by atoms with Crippen molar-refractivity contribution in [2.24, 2.45) is 0 Å². The lowest BCUT2D eigenvalue weighted by Gasteiger charge is -2.15. The molecule has 0 radical (unpaired) electrons. The molecule has 30 heteroatoms. The average molecular weight is 1040 g/mol. The molecule has 0 bridgehead atoms. The standard InChI is InChI=1S/2C15H16N6O2S.3C4H4O4/c2*22-15(23)20-5-3-10(6-20)18-14-19-12-2-1-4-16-13(12)21(14)7-11-8-24-9-17-11;3*5-3(6)1-2-4(7)8/h2*1-2,4,8-10H,3,5-7H2,(H,18,19)(H,22,23);3*1-2H,(H,5,6)(H,7,8)/b;;2-1+;;. The summed E-state index contributed by atoms with van der Waals surface area (Å²) in [6.07, 6.45) is 6.60. The predicted octanol–water partition coefficient (Wildman–Crippen LogP) is 3.34. The first kappa shape index (κ1) is 55.3. The van der Waals surface area contributed by atoms with Gasteiger partial charge in [-0.05, 0) is 37.1 Å². The first-order valence-electron chi connectivity index (χ1n) is 20.6. The van der Waals surface area contributed by atoms with Gasteiger partial charge in [0.05, 0.1) is 35.5 Å². The van der Waals surface area contributed by atoms with Crippen molar-refractivity contribution in [3.05, 3.63) is 106 Å². The van der Waals surface area contributed by atoms with Crippen molar-refractivity contribution in [1.29, 1.82) is 0 Å². The molecule has 2 amide bonds. The summed E-state index contributed by atoms with van der Waals surface area (Å²) in [7, 11) is 0. The highest BCUT2D eigenvalue weighted by atomic mass is 32.1. The molecule has 2 aliphatic heterocycles. The van der Waals surface area contributed by atoms with E-state index in [9.17, 15) is 38.4 Å². The highest BCUT2D eigenvalue weighted by molar-refractivity contribution is 7.07. The summed E-state index contributed by atoms with van der Waals surface area (Å²) in [6, 6.07) is 7.65. The first-order chi connectivity index (χ1) is 34.3. The molecular formula is C42H44N12O16S2. The van der Waals surface area contributed by atoms with E-state index >= 15 is 0 Å². The Labute approximate surface area is 412 Å². The number of carboxylic acid groups (broad SMARTS) is 8. The molecule has 380 valence electrons. The number of hydrogen-bond donors (Lipinski definition) is 10. The number of imidazole rings is 2. The van der Waals surface area contributed by atoms with Crippen LogP contribution in [0, 0.1) is 0 Å². The Morgan fingerprint density at radius 1 is 0.528 bits per heavy atom. The Hall–Kier alpha value is -9.32. The summed E-state index contributed by atoms with van der Waals surface area (Å²) in [4.78, 5) is 109. The lowest BCUT2D eigenvalue weighted by atomic mass is 10.3. The van der Waals surface area contributed by atoms with Gasteiger partial charge in [-0.2, -0.15) is 0 Å². The minimum atomic E-state index is -1.26. The molecule has 72 heavy (non-hydrogen) atoms. The number of aromatic nitrogens is 8. The monoisotopic (exact) mass is 1040 g/mol. The molecule has 28 nitrogen and oxygen atoms in total. The molecule has 8 heterocycles. The topological polar surface area (TPSA) is 416 Å². The van der Waals surface area contributed by atoms with E-state index < -0.39 is 48.0 Å². The molecule has 0 saturated carbocycles. The number of thiazole rings is 2. The Bertz CT molecular complexity index is 2650. The van der Waals surface area contributed by atoms with Crippen LogP contribution in [0.1, 0.15) is 24.2 Å². The number of rotatable bonds is 14. The second kappa shape index (κ2) is 27.6. The van der Waals surface area contributed by atoms with Crippen LogP contribution < -0.4 is 10.6 Å². The van der Waals surface area contributed by atoms with Gasteiger partial charge in [0.15, 0.2) is 11.3 Å². The lowest BCUT2D eigenvalue weighted by Crippen LogP contribution is -2.30. The minimum absolute atomic E-state index is 0.0482. The maximum atomic E-state index is 11.1. The summed E-state index contributed by atoms with van der Waals surface area (Å²) in [5.74, 6) is -6.14. The summed E-state index contributed by atoms with van der Waals surface area (Å²) >= 11 is 3.10. The minimum Gasteiger partial charge on any atom is -0.478 e. The van der Waals surface area contributed by atoms with Gasteiger partial charge in [0.1, 0.15) is 11.0 Å². The molecule has 2 unspecified atom stereocenters. The number of aliphatic carboxylic acids is 6. The van der Waals surface area contributed by atoms with Crippen LogP contribution in [0.2, 0.25) is 0 Å². The van der Waals surface area contributed by atoms with E-state index in [0.29, 0.717) is 87.6 Å². The smallest absolute Gasteiger partial charge is 0.407 e. The molecule has 0 aliphatic carbocycles. The predicted molar refractivity (Wildman–Crippen MR) is 254 cm³/mol. The number of likely N-dealkylation sites (tertiary alicyclic amines) is 2. The van der Waals surface area contributed by atoms with Gasteiger partial charge < -0.3 is 61.3 Å². The third-order valence-corrected chi connectivity index (χ3v) is 10.6. The van der Waals surface area contributed by atoms with Gasteiger partial charge in [0, 0.05) is 97.9 Å². The third-order valence-electron chi connectivity index (χ3n) is 9.30. The zero-order valence-corrected chi connectivity index (χ0v) is 38.8. The summed E-state index contributed by atoms with van der Waals surface area (Å²) in [6.45, 7) is 3.16. The van der Waals surface area contributed by atoms with E-state index in [1.54, 1.807) is 46.1 Å². The highest BCUT2D eigenvalue weighted by Gasteiger charge is 2.29. The fraction of sp³-hybridized carbons (Fsp3) is 0.238. The number of fused-ring (bicyclic) bond motifs is 2. The molecule has 10 N–H and O–H groups in total. The third kappa shape index (κ3) is 18.6. The maximum Gasteiger partial charge on any atom is 0.407 e. The molecule has 0 spiro atoms. The van der Waals surface area contributed by atoms with Crippen LogP contribution in [-0.4, -0.2) is 176 Å².